The first-order valence-corrected chi connectivity index (χ1v) is 5.93. The second-order valence-electron chi connectivity index (χ2n) is 3.13. The van der Waals surface area contributed by atoms with Crippen LogP contribution < -0.4 is 4.74 Å². The van der Waals surface area contributed by atoms with Gasteiger partial charge in [-0.1, -0.05) is 27.5 Å². The summed E-state index contributed by atoms with van der Waals surface area (Å²) in [6.07, 6.45) is 0. The average Bonchev–Trinajstić information content (AvgIpc) is 2.27. The van der Waals surface area contributed by atoms with Crippen molar-refractivity contribution in [3.05, 3.63) is 35.0 Å². The molecule has 0 unspecified atom stereocenters. The monoisotopic (exact) mass is 285 g/mol. The van der Waals surface area contributed by atoms with Gasteiger partial charge in [-0.15, -0.1) is 0 Å². The first kappa shape index (κ1) is 10.7. The summed E-state index contributed by atoms with van der Waals surface area (Å²) < 4.78 is 5.15. The van der Waals surface area contributed by atoms with Gasteiger partial charge < -0.3 is 4.74 Å². The molecule has 2 rings (SSSR count). The van der Waals surface area contributed by atoms with Crippen LogP contribution in [0.4, 0.5) is 0 Å². The van der Waals surface area contributed by atoms with Gasteiger partial charge in [0.15, 0.2) is 0 Å². The van der Waals surface area contributed by atoms with Crippen molar-refractivity contribution in [2.24, 2.45) is 0 Å². The van der Waals surface area contributed by atoms with E-state index in [0.29, 0.717) is 10.5 Å². The number of rotatable bonds is 2. The molecule has 2 nitrogen and oxygen atoms in total. The van der Waals surface area contributed by atoms with Gasteiger partial charge in [0.05, 0.1) is 12.6 Å². The topological polar surface area (TPSA) is 22.1 Å². The van der Waals surface area contributed by atoms with E-state index >= 15 is 0 Å². The van der Waals surface area contributed by atoms with Crippen LogP contribution >= 0.6 is 27.5 Å². The highest BCUT2D eigenvalue weighted by Gasteiger charge is 2.04. The number of hydrogen-bond donors (Lipinski definition) is 0. The number of ether oxygens (including phenoxy) is 1. The van der Waals surface area contributed by atoms with E-state index < -0.39 is 0 Å². The molecule has 4 heteroatoms. The van der Waals surface area contributed by atoms with Crippen LogP contribution in [0.5, 0.6) is 5.75 Å². The summed E-state index contributed by atoms with van der Waals surface area (Å²) >= 11 is 9.38. The predicted octanol–water partition coefficient (Wildman–Crippen LogP) is 3.79. The van der Waals surface area contributed by atoms with Crippen molar-refractivity contribution in [2.45, 2.75) is 5.33 Å². The first-order chi connectivity index (χ1) is 7.24. The lowest BCUT2D eigenvalue weighted by molar-refractivity contribution is 0.415. The Kier molecular flexibility index (Phi) is 3.12. The smallest absolute Gasteiger partial charge is 0.133 e. The quantitative estimate of drug-likeness (QED) is 0.619. The number of hydrogen-bond acceptors (Lipinski definition) is 2. The normalized spacial score (nSPS) is 10.6. The van der Waals surface area contributed by atoms with Crippen molar-refractivity contribution >= 4 is 38.4 Å². The largest absolute Gasteiger partial charge is 0.497 e. The zero-order valence-electron chi connectivity index (χ0n) is 8.13. The Bertz CT molecular complexity index is 501. The molecule has 0 bridgehead atoms. The van der Waals surface area contributed by atoms with Gasteiger partial charge >= 0.3 is 0 Å². The Morgan fingerprint density at radius 2 is 2.20 bits per heavy atom. The second-order valence-corrected chi connectivity index (χ2v) is 4.05. The SMILES string of the molecule is COc1ccc2nc(Cl)c(CBr)cc2c1. The molecular formula is C11H9BrClNO. The summed E-state index contributed by atoms with van der Waals surface area (Å²) in [5, 5.41) is 2.28. The molecule has 1 aromatic carbocycles. The molecule has 1 aromatic heterocycles. The van der Waals surface area contributed by atoms with E-state index in [-0.39, 0.29) is 0 Å². The summed E-state index contributed by atoms with van der Waals surface area (Å²) in [6, 6.07) is 7.74. The van der Waals surface area contributed by atoms with Crippen LogP contribution in [0.3, 0.4) is 0 Å². The van der Waals surface area contributed by atoms with Gasteiger partial charge in [-0.2, -0.15) is 0 Å². The Hall–Kier alpha value is -0.800. The summed E-state index contributed by atoms with van der Waals surface area (Å²) in [5.41, 5.74) is 1.86. The zero-order valence-corrected chi connectivity index (χ0v) is 10.5. The van der Waals surface area contributed by atoms with Gasteiger partial charge in [0.2, 0.25) is 0 Å². The third kappa shape index (κ3) is 2.08. The van der Waals surface area contributed by atoms with Gasteiger partial charge in [0.25, 0.3) is 0 Å². The standard InChI is InChI=1S/C11H9BrClNO/c1-15-9-2-3-10-7(5-9)4-8(6-12)11(13)14-10/h2-5H,6H2,1H3. The summed E-state index contributed by atoms with van der Waals surface area (Å²) in [6.45, 7) is 0. The number of halogens is 2. The molecule has 0 atom stereocenters. The van der Waals surface area contributed by atoms with Crippen LogP contribution in [0.1, 0.15) is 5.56 Å². The highest BCUT2D eigenvalue weighted by molar-refractivity contribution is 9.08. The van der Waals surface area contributed by atoms with Crippen molar-refractivity contribution in [3.63, 3.8) is 0 Å². The van der Waals surface area contributed by atoms with E-state index in [2.05, 4.69) is 20.9 Å². The third-order valence-electron chi connectivity index (χ3n) is 2.19. The molecule has 78 valence electrons. The minimum absolute atomic E-state index is 0.546. The van der Waals surface area contributed by atoms with Crippen molar-refractivity contribution in [1.29, 1.82) is 0 Å². The van der Waals surface area contributed by atoms with Crippen molar-refractivity contribution in [3.8, 4) is 5.75 Å². The molecule has 0 radical (unpaired) electrons. The lowest BCUT2D eigenvalue weighted by atomic mass is 10.1. The number of benzene rings is 1. The molecule has 0 amide bonds. The van der Waals surface area contributed by atoms with Gasteiger partial charge in [0.1, 0.15) is 10.9 Å². The van der Waals surface area contributed by atoms with E-state index in [0.717, 1.165) is 22.2 Å². The van der Waals surface area contributed by atoms with Crippen LogP contribution in [-0.2, 0) is 5.33 Å². The maximum atomic E-state index is 6.00. The van der Waals surface area contributed by atoms with Crippen molar-refractivity contribution in [2.75, 3.05) is 7.11 Å². The van der Waals surface area contributed by atoms with Gasteiger partial charge in [-0.05, 0) is 24.3 Å². The second kappa shape index (κ2) is 4.37. The van der Waals surface area contributed by atoms with Crippen LogP contribution in [-0.4, -0.2) is 12.1 Å². The number of fused-ring (bicyclic) bond motifs is 1. The summed E-state index contributed by atoms with van der Waals surface area (Å²) in [4.78, 5) is 4.30. The minimum Gasteiger partial charge on any atom is -0.497 e. The lowest BCUT2D eigenvalue weighted by Crippen LogP contribution is -1.88. The molecule has 0 N–H and O–H groups in total. The molecule has 1 heterocycles. The minimum atomic E-state index is 0.546. The van der Waals surface area contributed by atoms with Gasteiger partial charge in [0, 0.05) is 16.3 Å². The highest BCUT2D eigenvalue weighted by atomic mass is 79.9. The average molecular weight is 287 g/mol. The number of alkyl halides is 1. The van der Waals surface area contributed by atoms with Gasteiger partial charge in [-0.25, -0.2) is 4.98 Å². The van der Waals surface area contributed by atoms with E-state index in [1.807, 2.05) is 24.3 Å². The van der Waals surface area contributed by atoms with E-state index in [1.54, 1.807) is 7.11 Å². The molecular weight excluding hydrogens is 277 g/mol. The highest BCUT2D eigenvalue weighted by Crippen LogP contribution is 2.25. The fourth-order valence-electron chi connectivity index (χ4n) is 1.40. The van der Waals surface area contributed by atoms with Crippen LogP contribution in [0.2, 0.25) is 5.15 Å². The van der Waals surface area contributed by atoms with Crippen molar-refractivity contribution in [1.82, 2.24) is 4.98 Å². The number of methoxy groups -OCH3 is 1. The van der Waals surface area contributed by atoms with Crippen molar-refractivity contribution < 1.29 is 4.74 Å². The number of nitrogens with zero attached hydrogens (tertiary/aromatic N) is 1. The maximum Gasteiger partial charge on any atom is 0.133 e. The third-order valence-corrected chi connectivity index (χ3v) is 3.12. The Morgan fingerprint density at radius 1 is 1.40 bits per heavy atom. The molecule has 0 aliphatic rings. The number of aromatic nitrogens is 1. The summed E-state index contributed by atoms with van der Waals surface area (Å²) in [7, 11) is 1.65. The van der Waals surface area contributed by atoms with Crippen LogP contribution in [0.25, 0.3) is 10.9 Å². The van der Waals surface area contributed by atoms with Crippen LogP contribution in [0, 0.1) is 0 Å². The molecule has 0 spiro atoms. The Balaban J connectivity index is 2.66. The molecule has 0 saturated carbocycles. The van der Waals surface area contributed by atoms with E-state index in [1.165, 1.54) is 0 Å². The molecule has 2 aromatic rings. The van der Waals surface area contributed by atoms with E-state index in [9.17, 15) is 0 Å². The van der Waals surface area contributed by atoms with Crippen LogP contribution in [0.15, 0.2) is 24.3 Å². The fraction of sp³-hybridized carbons (Fsp3) is 0.182. The Labute approximate surface area is 101 Å². The number of pyridine rings is 1. The molecule has 15 heavy (non-hydrogen) atoms. The molecule has 0 saturated heterocycles. The molecule has 0 aliphatic heterocycles. The zero-order chi connectivity index (χ0) is 10.8. The lowest BCUT2D eigenvalue weighted by Gasteiger charge is -2.05. The molecule has 0 aliphatic carbocycles. The van der Waals surface area contributed by atoms with E-state index in [4.69, 9.17) is 16.3 Å². The Morgan fingerprint density at radius 3 is 2.87 bits per heavy atom. The van der Waals surface area contributed by atoms with Gasteiger partial charge in [-0.3, -0.25) is 0 Å². The molecule has 0 fully saturated rings. The first-order valence-electron chi connectivity index (χ1n) is 4.43. The summed E-state index contributed by atoms with van der Waals surface area (Å²) in [5.74, 6) is 0.826. The maximum absolute atomic E-state index is 6.00. The predicted molar refractivity (Wildman–Crippen MR) is 65.9 cm³/mol. The fourth-order valence-corrected chi connectivity index (χ4v) is 2.20.